The summed E-state index contributed by atoms with van der Waals surface area (Å²) < 4.78 is 1.28. The standard InChI is InChI=1S/C14H16N2O2.C13H16N2O/c1-10(2)13-12(14(18)15-16(13)9-17)8-11-6-4-3-5-7-11;1-9(2)12-11(13(16)15-14-12)8-10-6-4-3-5-7-10/h3-7,9-10H,8H2,1-2H3,(H,15,18);3-7,9H,8H2,1-2H3,(H2,14,15,16). The van der Waals surface area contributed by atoms with Crippen LogP contribution in [0.5, 0.6) is 0 Å². The van der Waals surface area contributed by atoms with Crippen molar-refractivity contribution in [3.8, 4) is 0 Å². The Hall–Kier alpha value is -3.87. The summed E-state index contributed by atoms with van der Waals surface area (Å²) >= 11 is 0. The van der Waals surface area contributed by atoms with E-state index in [2.05, 4.69) is 29.1 Å². The van der Waals surface area contributed by atoms with Gasteiger partial charge < -0.3 is 5.10 Å². The maximum atomic E-state index is 11.9. The van der Waals surface area contributed by atoms with Crippen LogP contribution < -0.4 is 11.1 Å². The second-order valence-corrected chi connectivity index (χ2v) is 8.89. The molecule has 2 heterocycles. The first-order valence-electron chi connectivity index (χ1n) is 11.5. The van der Waals surface area contributed by atoms with Gasteiger partial charge in [-0.25, -0.2) is 4.68 Å². The zero-order chi connectivity index (χ0) is 24.7. The van der Waals surface area contributed by atoms with Crippen LogP contribution in [0, 0.1) is 0 Å². The molecule has 0 saturated carbocycles. The molecule has 4 aromatic rings. The third kappa shape index (κ3) is 5.92. The second-order valence-electron chi connectivity index (χ2n) is 8.89. The Bertz CT molecular complexity index is 1310. The number of H-pyrrole nitrogens is 3. The van der Waals surface area contributed by atoms with E-state index in [4.69, 9.17) is 0 Å². The average molecular weight is 461 g/mol. The molecule has 0 radical (unpaired) electrons. The highest BCUT2D eigenvalue weighted by Gasteiger charge is 2.17. The topological polar surface area (TPSA) is 104 Å². The average Bonchev–Trinajstić information content (AvgIpc) is 3.35. The Kier molecular flexibility index (Phi) is 8.24. The first kappa shape index (κ1) is 24.8. The van der Waals surface area contributed by atoms with Crippen molar-refractivity contribution in [2.75, 3.05) is 0 Å². The Morgan fingerprint density at radius 2 is 1.26 bits per heavy atom. The molecule has 0 amide bonds. The Balaban J connectivity index is 0.000000192. The van der Waals surface area contributed by atoms with Crippen molar-refractivity contribution < 1.29 is 4.79 Å². The first-order valence-corrected chi connectivity index (χ1v) is 11.5. The highest BCUT2D eigenvalue weighted by molar-refractivity contribution is 5.54. The van der Waals surface area contributed by atoms with Gasteiger partial charge in [-0.2, -0.15) is 0 Å². The zero-order valence-electron chi connectivity index (χ0n) is 20.1. The van der Waals surface area contributed by atoms with Crippen LogP contribution in [0.15, 0.2) is 70.3 Å². The predicted molar refractivity (Wildman–Crippen MR) is 135 cm³/mol. The van der Waals surface area contributed by atoms with Crippen LogP contribution in [0.25, 0.3) is 0 Å². The van der Waals surface area contributed by atoms with E-state index in [1.165, 1.54) is 4.68 Å². The molecule has 2 aromatic carbocycles. The molecule has 0 saturated heterocycles. The summed E-state index contributed by atoms with van der Waals surface area (Å²) in [7, 11) is 0. The lowest BCUT2D eigenvalue weighted by atomic mass is 10.00. The van der Waals surface area contributed by atoms with Gasteiger partial charge in [0.15, 0.2) is 0 Å². The van der Waals surface area contributed by atoms with E-state index >= 15 is 0 Å². The molecule has 7 heteroatoms. The maximum Gasteiger partial charge on any atom is 0.268 e. The summed E-state index contributed by atoms with van der Waals surface area (Å²) in [5.74, 6) is 0.450. The summed E-state index contributed by atoms with van der Waals surface area (Å²) in [4.78, 5) is 34.5. The van der Waals surface area contributed by atoms with Gasteiger partial charge in [0, 0.05) is 29.7 Å². The lowest BCUT2D eigenvalue weighted by Crippen LogP contribution is -2.08. The fraction of sp³-hybridized carbons (Fsp3) is 0.296. The van der Waals surface area contributed by atoms with Crippen LogP contribution in [0.1, 0.15) is 73.2 Å². The van der Waals surface area contributed by atoms with Crippen molar-refractivity contribution in [2.24, 2.45) is 0 Å². The summed E-state index contributed by atoms with van der Waals surface area (Å²) in [6.45, 7) is 8.09. The molecule has 0 aliphatic carbocycles. The van der Waals surface area contributed by atoms with Crippen molar-refractivity contribution in [3.05, 3.63) is 115 Å². The smallest absolute Gasteiger partial charge is 0.268 e. The molecule has 3 N–H and O–H groups in total. The minimum Gasteiger partial charge on any atom is -0.302 e. The van der Waals surface area contributed by atoms with E-state index in [1.54, 1.807) is 0 Å². The van der Waals surface area contributed by atoms with Crippen LogP contribution in [0.2, 0.25) is 0 Å². The highest BCUT2D eigenvalue weighted by atomic mass is 16.2. The molecule has 0 bridgehead atoms. The monoisotopic (exact) mass is 460 g/mol. The van der Waals surface area contributed by atoms with Crippen LogP contribution >= 0.6 is 0 Å². The number of nitrogens with one attached hydrogen (secondary N) is 3. The van der Waals surface area contributed by atoms with Crippen molar-refractivity contribution in [1.29, 1.82) is 0 Å². The SMILES string of the molecule is CC(C)c1[nH][nH]c(=O)c1Cc1ccccc1.CC(C)c1c(Cc2ccccc2)c(=O)[nH]n1C=O. The van der Waals surface area contributed by atoms with Gasteiger partial charge in [0.2, 0.25) is 6.41 Å². The lowest BCUT2D eigenvalue weighted by molar-refractivity contribution is 0.534. The molecular weight excluding hydrogens is 428 g/mol. The Morgan fingerprint density at radius 1 is 0.735 bits per heavy atom. The molecule has 4 rings (SSSR count). The third-order valence-electron chi connectivity index (χ3n) is 5.65. The number of nitrogens with zero attached hydrogens (tertiary/aromatic N) is 1. The minimum atomic E-state index is -0.186. The van der Waals surface area contributed by atoms with Crippen molar-refractivity contribution >= 4 is 6.41 Å². The van der Waals surface area contributed by atoms with Crippen molar-refractivity contribution in [3.63, 3.8) is 0 Å². The summed E-state index contributed by atoms with van der Waals surface area (Å²) in [6, 6.07) is 19.8. The van der Waals surface area contributed by atoms with Gasteiger partial charge in [0.25, 0.3) is 11.1 Å². The Labute approximate surface area is 198 Å². The van der Waals surface area contributed by atoms with Crippen molar-refractivity contribution in [2.45, 2.75) is 52.4 Å². The summed E-state index contributed by atoms with van der Waals surface area (Å²) in [6.07, 6.45) is 1.88. The normalized spacial score (nSPS) is 10.9. The van der Waals surface area contributed by atoms with Gasteiger partial charge in [-0.3, -0.25) is 24.6 Å². The Morgan fingerprint density at radius 3 is 1.74 bits per heavy atom. The van der Waals surface area contributed by atoms with E-state index in [-0.39, 0.29) is 17.0 Å². The van der Waals surface area contributed by atoms with E-state index in [0.717, 1.165) is 28.1 Å². The van der Waals surface area contributed by atoms with Gasteiger partial charge in [-0.05, 0) is 23.0 Å². The number of aromatic amines is 3. The fourth-order valence-electron chi connectivity index (χ4n) is 4.05. The van der Waals surface area contributed by atoms with Gasteiger partial charge in [-0.1, -0.05) is 88.4 Å². The molecule has 2 aromatic heterocycles. The van der Waals surface area contributed by atoms with Crippen LogP contribution in [-0.4, -0.2) is 26.4 Å². The van der Waals surface area contributed by atoms with Gasteiger partial charge in [0.05, 0.1) is 5.69 Å². The van der Waals surface area contributed by atoms with Gasteiger partial charge in [0.1, 0.15) is 0 Å². The molecule has 0 atom stereocenters. The number of carbonyl (C=O) groups excluding carboxylic acids is 1. The highest BCUT2D eigenvalue weighted by Crippen LogP contribution is 2.19. The number of benzene rings is 2. The van der Waals surface area contributed by atoms with Gasteiger partial charge >= 0.3 is 0 Å². The number of aromatic nitrogens is 4. The maximum absolute atomic E-state index is 11.9. The van der Waals surface area contributed by atoms with E-state index < -0.39 is 0 Å². The zero-order valence-corrected chi connectivity index (χ0v) is 20.1. The molecule has 0 spiro atoms. The number of rotatable bonds is 7. The quantitative estimate of drug-likeness (QED) is 0.357. The molecule has 0 fully saturated rings. The lowest BCUT2D eigenvalue weighted by Gasteiger charge is -2.08. The molecule has 178 valence electrons. The van der Waals surface area contributed by atoms with Crippen molar-refractivity contribution in [1.82, 2.24) is 20.0 Å². The van der Waals surface area contributed by atoms with Crippen LogP contribution in [0.3, 0.4) is 0 Å². The summed E-state index contributed by atoms with van der Waals surface area (Å²) in [5, 5.41) is 8.17. The third-order valence-corrected chi connectivity index (χ3v) is 5.65. The molecule has 0 unspecified atom stereocenters. The van der Waals surface area contributed by atoms with E-state index in [1.807, 2.05) is 74.5 Å². The van der Waals surface area contributed by atoms with Crippen LogP contribution in [0.4, 0.5) is 0 Å². The number of hydrogen-bond donors (Lipinski definition) is 3. The molecular formula is C27H32N4O3. The molecule has 34 heavy (non-hydrogen) atoms. The molecule has 0 aliphatic heterocycles. The number of hydrogen-bond acceptors (Lipinski definition) is 3. The fourth-order valence-corrected chi connectivity index (χ4v) is 4.05. The summed E-state index contributed by atoms with van der Waals surface area (Å²) in [5.41, 5.74) is 5.32. The van der Waals surface area contributed by atoms with Gasteiger partial charge in [-0.15, -0.1) is 0 Å². The largest absolute Gasteiger partial charge is 0.302 e. The molecule has 7 nitrogen and oxygen atoms in total. The van der Waals surface area contributed by atoms with E-state index in [0.29, 0.717) is 30.7 Å². The molecule has 0 aliphatic rings. The predicted octanol–water partition coefficient (Wildman–Crippen LogP) is 4.35. The van der Waals surface area contributed by atoms with E-state index in [9.17, 15) is 14.4 Å². The minimum absolute atomic E-state index is 0.00690. The second kappa shape index (κ2) is 11.3. The number of carbonyl (C=O) groups is 1. The first-order chi connectivity index (χ1) is 16.3. The van der Waals surface area contributed by atoms with Crippen LogP contribution in [-0.2, 0) is 17.6 Å².